The third-order valence-corrected chi connectivity index (χ3v) is 9.03. The third-order valence-electron chi connectivity index (χ3n) is 9.03. The number of anilines is 2. The molecule has 0 atom stereocenters. The molecule has 1 amide bonds. The van der Waals surface area contributed by atoms with Crippen molar-refractivity contribution in [2.75, 3.05) is 63.2 Å². The molecule has 0 aliphatic carbocycles. The monoisotopic (exact) mass is 527 g/mol. The van der Waals surface area contributed by atoms with Crippen LogP contribution < -0.4 is 9.80 Å². The van der Waals surface area contributed by atoms with E-state index in [1.165, 1.54) is 6.08 Å². The van der Waals surface area contributed by atoms with Crippen molar-refractivity contribution in [2.45, 2.75) is 25.8 Å². The maximum atomic E-state index is 16.6. The van der Waals surface area contributed by atoms with Gasteiger partial charge in [-0.25, -0.2) is 9.24 Å². The fourth-order valence-electron chi connectivity index (χ4n) is 6.46. The number of piperidine rings is 1. The Labute approximate surface area is 228 Å². The summed E-state index contributed by atoms with van der Waals surface area (Å²) in [5.41, 5.74) is 4.63. The molecule has 39 heavy (non-hydrogen) atoms. The van der Waals surface area contributed by atoms with Gasteiger partial charge in [0.1, 0.15) is 5.82 Å². The molecule has 6 rings (SSSR count). The van der Waals surface area contributed by atoms with Crippen molar-refractivity contribution in [1.82, 2.24) is 20.0 Å². The Balaban J connectivity index is 1.42. The van der Waals surface area contributed by atoms with Gasteiger partial charge in [-0.3, -0.25) is 9.89 Å². The number of halogens is 1. The van der Waals surface area contributed by atoms with Gasteiger partial charge in [0.2, 0.25) is 11.6 Å². The van der Waals surface area contributed by atoms with E-state index < -0.39 is 0 Å². The summed E-state index contributed by atoms with van der Waals surface area (Å²) >= 11 is 0. The molecule has 9 heteroatoms. The van der Waals surface area contributed by atoms with Gasteiger partial charge in [-0.2, -0.15) is 5.10 Å². The molecule has 3 aliphatic heterocycles. The van der Waals surface area contributed by atoms with Crippen molar-refractivity contribution in [3.63, 3.8) is 0 Å². The van der Waals surface area contributed by atoms with Crippen LogP contribution in [-0.4, -0.2) is 85.3 Å². The Morgan fingerprint density at radius 2 is 1.92 bits per heavy atom. The smallest absolute Gasteiger partial charge is 0.245 e. The minimum atomic E-state index is -0.343. The molecule has 3 aliphatic rings. The number of likely N-dealkylation sites (N-methyl/N-ethyl adjacent to an activating group) is 1. The van der Waals surface area contributed by atoms with Crippen molar-refractivity contribution in [1.29, 1.82) is 0 Å². The molecule has 3 fully saturated rings. The Kier molecular flexibility index (Phi) is 6.11. The van der Waals surface area contributed by atoms with Gasteiger partial charge in [-0.1, -0.05) is 12.6 Å². The largest absolute Gasteiger partial charge is 0.380 e. The van der Waals surface area contributed by atoms with Gasteiger partial charge in [0.25, 0.3) is 0 Å². The van der Waals surface area contributed by atoms with E-state index in [4.69, 9.17) is 6.57 Å². The number of aromatic nitrogens is 2. The number of carbonyl (C=O) groups excluding carboxylic acids is 1. The minimum Gasteiger partial charge on any atom is -0.380 e. The Bertz CT molecular complexity index is 1500. The van der Waals surface area contributed by atoms with Gasteiger partial charge >= 0.3 is 0 Å². The number of benzene rings is 2. The molecule has 3 saturated heterocycles. The summed E-state index contributed by atoms with van der Waals surface area (Å²) in [7, 11) is 4.10. The molecular formula is C30H34FN7O. The average Bonchev–Trinajstić information content (AvgIpc) is 3.36. The molecule has 3 aromatic rings. The lowest BCUT2D eigenvalue weighted by Gasteiger charge is -2.54. The molecule has 2 aromatic carbocycles. The van der Waals surface area contributed by atoms with Crippen LogP contribution in [0.3, 0.4) is 0 Å². The first-order valence-electron chi connectivity index (χ1n) is 13.5. The summed E-state index contributed by atoms with van der Waals surface area (Å²) in [5, 5.41) is 8.02. The number of hydrogen-bond acceptors (Lipinski definition) is 5. The van der Waals surface area contributed by atoms with Gasteiger partial charge in [-0.15, -0.1) is 0 Å². The Morgan fingerprint density at radius 3 is 2.56 bits per heavy atom. The third kappa shape index (κ3) is 4.05. The van der Waals surface area contributed by atoms with Gasteiger partial charge in [0.05, 0.1) is 24.0 Å². The normalized spacial score (nSPS) is 18.8. The topological polar surface area (TPSA) is 63.1 Å². The van der Waals surface area contributed by atoms with E-state index in [2.05, 4.69) is 36.3 Å². The molecule has 1 aromatic heterocycles. The summed E-state index contributed by atoms with van der Waals surface area (Å²) < 4.78 is 16.6. The summed E-state index contributed by atoms with van der Waals surface area (Å²) in [5.74, 6) is -0.356. The number of carbonyl (C=O) groups is 1. The van der Waals surface area contributed by atoms with E-state index in [0.717, 1.165) is 79.8 Å². The van der Waals surface area contributed by atoms with Gasteiger partial charge in [0, 0.05) is 67.4 Å². The predicted molar refractivity (Wildman–Crippen MR) is 153 cm³/mol. The van der Waals surface area contributed by atoms with Gasteiger partial charge < -0.3 is 19.6 Å². The molecule has 1 spiro atoms. The van der Waals surface area contributed by atoms with Crippen LogP contribution in [0.15, 0.2) is 37.1 Å². The number of hydrogen-bond donors (Lipinski definition) is 1. The number of nitrogens with one attached hydrogen (secondary N) is 1. The van der Waals surface area contributed by atoms with Crippen molar-refractivity contribution in [2.24, 2.45) is 5.41 Å². The summed E-state index contributed by atoms with van der Waals surface area (Å²) in [4.78, 5) is 24.3. The number of amides is 1. The first kappa shape index (κ1) is 25.4. The Morgan fingerprint density at radius 1 is 1.21 bits per heavy atom. The lowest BCUT2D eigenvalue weighted by atomic mass is 9.72. The van der Waals surface area contributed by atoms with Crippen LogP contribution >= 0.6 is 0 Å². The number of nitrogens with zero attached hydrogens (tertiary/aromatic N) is 6. The second-order valence-electron chi connectivity index (χ2n) is 11.6. The minimum absolute atomic E-state index is 0.0134. The number of rotatable bonds is 5. The van der Waals surface area contributed by atoms with Crippen molar-refractivity contribution in [3.8, 4) is 11.1 Å². The van der Waals surface area contributed by atoms with E-state index in [0.29, 0.717) is 23.0 Å². The van der Waals surface area contributed by atoms with Crippen molar-refractivity contribution >= 4 is 33.9 Å². The highest BCUT2D eigenvalue weighted by Crippen LogP contribution is 2.50. The van der Waals surface area contributed by atoms with E-state index >= 15 is 4.39 Å². The first-order chi connectivity index (χ1) is 18.7. The fourth-order valence-corrected chi connectivity index (χ4v) is 6.46. The highest BCUT2D eigenvalue weighted by Gasteiger charge is 2.46. The van der Waals surface area contributed by atoms with Gasteiger partial charge in [0.15, 0.2) is 0 Å². The van der Waals surface area contributed by atoms with Crippen LogP contribution in [0.2, 0.25) is 0 Å². The zero-order chi connectivity index (χ0) is 27.5. The lowest BCUT2D eigenvalue weighted by molar-refractivity contribution is -0.139. The molecule has 0 bridgehead atoms. The summed E-state index contributed by atoms with van der Waals surface area (Å²) in [6.45, 7) is 18.3. The van der Waals surface area contributed by atoms with Crippen molar-refractivity contribution in [3.05, 3.63) is 59.8 Å². The second kappa shape index (κ2) is 9.38. The maximum Gasteiger partial charge on any atom is 0.245 e. The molecular weight excluding hydrogens is 493 g/mol. The molecule has 0 saturated carbocycles. The molecule has 8 nitrogen and oxygen atoms in total. The van der Waals surface area contributed by atoms with Gasteiger partial charge in [-0.05, 0) is 63.2 Å². The van der Waals surface area contributed by atoms with E-state index in [1.807, 2.05) is 44.1 Å². The first-order valence-corrected chi connectivity index (χ1v) is 13.5. The number of likely N-dealkylation sites (tertiary alicyclic amines) is 1. The van der Waals surface area contributed by atoms with Crippen LogP contribution in [0.4, 0.5) is 21.5 Å². The summed E-state index contributed by atoms with van der Waals surface area (Å²) in [6.07, 6.45) is 4.96. The van der Waals surface area contributed by atoms with E-state index in [9.17, 15) is 4.79 Å². The zero-order valence-corrected chi connectivity index (χ0v) is 22.8. The van der Waals surface area contributed by atoms with Crippen LogP contribution in [0.25, 0.3) is 26.9 Å². The lowest BCUT2D eigenvalue weighted by Crippen LogP contribution is -2.61. The maximum absolute atomic E-state index is 16.6. The molecule has 202 valence electrons. The fraction of sp³-hybridized carbons (Fsp3) is 0.433. The Hall–Kier alpha value is -3.90. The van der Waals surface area contributed by atoms with Crippen molar-refractivity contribution < 1.29 is 9.18 Å². The van der Waals surface area contributed by atoms with E-state index in [1.54, 1.807) is 6.20 Å². The highest BCUT2D eigenvalue weighted by atomic mass is 19.1. The molecule has 4 heterocycles. The number of fused-ring (bicyclic) bond motifs is 1. The second-order valence-corrected chi connectivity index (χ2v) is 11.6. The SMILES string of the molecule is [C-]#[N+]c1c(N2CCC3(CC2)CN(C(=O)C=C)C3)cc(N2CC(N(C)C)C2)c(F)c1-c1c(C)ccc2[nH]ncc12. The number of aryl methyl sites for hydroxylation is 1. The summed E-state index contributed by atoms with van der Waals surface area (Å²) in [6, 6.07) is 6.17. The number of aromatic amines is 1. The van der Waals surface area contributed by atoms with Crippen LogP contribution in [0.1, 0.15) is 18.4 Å². The highest BCUT2D eigenvalue weighted by molar-refractivity contribution is 6.03. The zero-order valence-electron chi connectivity index (χ0n) is 22.8. The molecule has 1 N–H and O–H groups in total. The number of H-pyrrole nitrogens is 1. The average molecular weight is 528 g/mol. The molecule has 0 radical (unpaired) electrons. The predicted octanol–water partition coefficient (Wildman–Crippen LogP) is 4.59. The van der Waals surface area contributed by atoms with Crippen LogP contribution in [0, 0.1) is 24.7 Å². The van der Waals surface area contributed by atoms with E-state index in [-0.39, 0.29) is 17.1 Å². The molecule has 0 unspecified atom stereocenters. The van der Waals surface area contributed by atoms with Crippen LogP contribution in [0.5, 0.6) is 0 Å². The van der Waals surface area contributed by atoms with Crippen LogP contribution in [-0.2, 0) is 4.79 Å². The standard InChI is InChI=1S/C30H34FN7O/c1-6-25(39)38-17-30(18-38)9-11-36(12-10-30)24-13-23(37-15-20(16-37)35(4)5)28(31)27(29(24)32-3)26-19(2)7-8-22-21(26)14-33-34-22/h6-8,13-14,20H,1,9-12,15-18H2,2,4-5H3,(H,33,34). The quantitative estimate of drug-likeness (QED) is 0.388.